The van der Waals surface area contributed by atoms with E-state index in [1.165, 1.54) is 0 Å². The van der Waals surface area contributed by atoms with E-state index in [1.54, 1.807) is 30.7 Å². The Morgan fingerprint density at radius 3 is 2.92 bits per heavy atom. The fourth-order valence-electron chi connectivity index (χ4n) is 2.77. The second-order valence-corrected chi connectivity index (χ2v) is 5.67. The normalized spacial score (nSPS) is 15.1. The van der Waals surface area contributed by atoms with Gasteiger partial charge in [-0.1, -0.05) is 24.3 Å². The van der Waals surface area contributed by atoms with E-state index in [-0.39, 0.29) is 11.9 Å². The highest BCUT2D eigenvalue weighted by atomic mass is 16.5. The summed E-state index contributed by atoms with van der Waals surface area (Å²) in [5.74, 6) is 1.30. The van der Waals surface area contributed by atoms with Gasteiger partial charge in [0.1, 0.15) is 18.2 Å². The fraction of sp³-hybridized carbons (Fsp3) is 0.105. The van der Waals surface area contributed by atoms with Crippen molar-refractivity contribution in [2.75, 3.05) is 11.9 Å². The van der Waals surface area contributed by atoms with Gasteiger partial charge in [0.05, 0.1) is 12.2 Å². The minimum atomic E-state index is -0.145. The number of ether oxygens (including phenoxy) is 1. The molecule has 2 aromatic carbocycles. The zero-order valence-electron chi connectivity index (χ0n) is 13.3. The lowest BCUT2D eigenvalue weighted by molar-refractivity contribution is 0.0930. The van der Waals surface area contributed by atoms with Crippen LogP contribution in [0.15, 0.2) is 67.1 Å². The second-order valence-electron chi connectivity index (χ2n) is 5.67. The number of hydrogen-bond donors (Lipinski definition) is 2. The summed E-state index contributed by atoms with van der Waals surface area (Å²) >= 11 is 0. The molecule has 2 N–H and O–H groups in total. The van der Waals surface area contributed by atoms with Crippen LogP contribution in [0.3, 0.4) is 0 Å². The molecule has 6 heteroatoms. The van der Waals surface area contributed by atoms with E-state index >= 15 is 0 Å². The molecule has 1 aliphatic rings. The van der Waals surface area contributed by atoms with Crippen molar-refractivity contribution in [3.63, 3.8) is 0 Å². The predicted octanol–water partition coefficient (Wildman–Crippen LogP) is 3.08. The Kier molecular flexibility index (Phi) is 4.00. The van der Waals surface area contributed by atoms with Gasteiger partial charge in [0.2, 0.25) is 0 Å². The molecule has 0 bridgehead atoms. The zero-order chi connectivity index (χ0) is 17.1. The first-order valence-electron chi connectivity index (χ1n) is 7.95. The molecule has 1 aliphatic heterocycles. The first-order valence-corrected chi connectivity index (χ1v) is 7.95. The van der Waals surface area contributed by atoms with Crippen LogP contribution in [0.2, 0.25) is 0 Å². The zero-order valence-corrected chi connectivity index (χ0v) is 13.3. The Bertz CT molecular complexity index is 899. The van der Waals surface area contributed by atoms with Crippen LogP contribution in [0.1, 0.15) is 22.0 Å². The molecule has 124 valence electrons. The third kappa shape index (κ3) is 3.28. The Balaban J connectivity index is 1.49. The molecule has 1 aromatic heterocycles. The van der Waals surface area contributed by atoms with Crippen molar-refractivity contribution in [3.8, 4) is 5.75 Å². The number of rotatable bonds is 4. The highest BCUT2D eigenvalue weighted by Gasteiger charge is 2.25. The lowest BCUT2D eigenvalue weighted by Crippen LogP contribution is -2.29. The van der Waals surface area contributed by atoms with E-state index in [2.05, 4.69) is 20.6 Å². The van der Waals surface area contributed by atoms with Crippen molar-refractivity contribution in [2.24, 2.45) is 0 Å². The van der Waals surface area contributed by atoms with Gasteiger partial charge in [-0.15, -0.1) is 0 Å². The van der Waals surface area contributed by atoms with Crippen molar-refractivity contribution in [3.05, 3.63) is 78.2 Å². The average Bonchev–Trinajstić information content (AvgIpc) is 3.06. The summed E-state index contributed by atoms with van der Waals surface area (Å²) in [5.41, 5.74) is 2.35. The number of anilines is 2. The third-order valence-corrected chi connectivity index (χ3v) is 3.97. The average molecular weight is 332 g/mol. The molecule has 0 aliphatic carbocycles. The molecule has 1 unspecified atom stereocenters. The van der Waals surface area contributed by atoms with Crippen LogP contribution in [0, 0.1) is 0 Å². The maximum atomic E-state index is 12.6. The van der Waals surface area contributed by atoms with Gasteiger partial charge in [0, 0.05) is 29.2 Å². The summed E-state index contributed by atoms with van der Waals surface area (Å²) in [4.78, 5) is 20.8. The first kappa shape index (κ1) is 15.1. The van der Waals surface area contributed by atoms with Crippen LogP contribution in [0.4, 0.5) is 11.5 Å². The molecule has 25 heavy (non-hydrogen) atoms. The molecular weight excluding hydrogens is 316 g/mol. The number of carbonyl (C=O) groups excluding carboxylic acids is 1. The Labute approximate surface area is 144 Å². The van der Waals surface area contributed by atoms with Gasteiger partial charge >= 0.3 is 0 Å². The van der Waals surface area contributed by atoms with Gasteiger partial charge < -0.3 is 15.4 Å². The largest absolute Gasteiger partial charge is 0.491 e. The number of benzene rings is 2. The van der Waals surface area contributed by atoms with Crippen molar-refractivity contribution in [1.29, 1.82) is 0 Å². The molecule has 0 fully saturated rings. The molecule has 0 saturated heterocycles. The number of para-hydroxylation sites is 1. The maximum Gasteiger partial charge on any atom is 0.251 e. The minimum Gasteiger partial charge on any atom is -0.491 e. The van der Waals surface area contributed by atoms with Crippen molar-refractivity contribution < 1.29 is 9.53 Å². The Morgan fingerprint density at radius 1 is 1.12 bits per heavy atom. The molecule has 0 saturated carbocycles. The summed E-state index contributed by atoms with van der Waals surface area (Å²) in [5, 5.41) is 6.15. The van der Waals surface area contributed by atoms with Gasteiger partial charge in [0.15, 0.2) is 0 Å². The number of carbonyl (C=O) groups is 1. The summed E-state index contributed by atoms with van der Waals surface area (Å²) in [6.45, 7) is 0.447. The lowest BCUT2D eigenvalue weighted by atomic mass is 10.1. The van der Waals surface area contributed by atoms with E-state index < -0.39 is 0 Å². The van der Waals surface area contributed by atoms with Crippen LogP contribution in [-0.4, -0.2) is 22.5 Å². The minimum absolute atomic E-state index is 0.139. The van der Waals surface area contributed by atoms with E-state index in [0.717, 1.165) is 17.0 Å². The molecule has 2 heterocycles. The number of hydrogen-bond acceptors (Lipinski definition) is 5. The summed E-state index contributed by atoms with van der Waals surface area (Å²) < 4.78 is 5.61. The van der Waals surface area contributed by atoms with E-state index in [1.807, 2.05) is 36.4 Å². The quantitative estimate of drug-likeness (QED) is 0.768. The maximum absolute atomic E-state index is 12.6. The predicted molar refractivity (Wildman–Crippen MR) is 93.9 cm³/mol. The van der Waals surface area contributed by atoms with E-state index in [9.17, 15) is 4.79 Å². The standard InChI is InChI=1S/C19H16N4O2/c24-19(23-16-12-25-17-7-2-1-6-15(16)17)13-4-3-5-14(10-13)22-18-11-20-8-9-21-18/h1-11,16H,12H2,(H,21,22)(H,23,24). The monoisotopic (exact) mass is 332 g/mol. The number of fused-ring (bicyclic) bond motifs is 1. The molecule has 6 nitrogen and oxygen atoms in total. The van der Waals surface area contributed by atoms with Crippen molar-refractivity contribution in [2.45, 2.75) is 6.04 Å². The molecule has 1 atom stereocenters. The highest BCUT2D eigenvalue weighted by molar-refractivity contribution is 5.95. The van der Waals surface area contributed by atoms with Crippen molar-refractivity contribution >= 4 is 17.4 Å². The topological polar surface area (TPSA) is 76.1 Å². The van der Waals surface area contributed by atoms with Crippen LogP contribution in [-0.2, 0) is 0 Å². The number of aromatic nitrogens is 2. The van der Waals surface area contributed by atoms with Crippen LogP contribution in [0.5, 0.6) is 5.75 Å². The van der Waals surface area contributed by atoms with Crippen LogP contribution < -0.4 is 15.4 Å². The van der Waals surface area contributed by atoms with Crippen LogP contribution in [0.25, 0.3) is 0 Å². The third-order valence-electron chi connectivity index (χ3n) is 3.97. The SMILES string of the molecule is O=C(NC1COc2ccccc21)c1cccc(Nc2cnccn2)c1. The molecule has 3 aromatic rings. The number of amides is 1. The highest BCUT2D eigenvalue weighted by Crippen LogP contribution is 2.31. The second kappa shape index (κ2) is 6.60. The van der Waals surface area contributed by atoms with Gasteiger partial charge in [-0.2, -0.15) is 0 Å². The number of nitrogens with zero attached hydrogens (tertiary/aromatic N) is 2. The number of nitrogens with one attached hydrogen (secondary N) is 2. The van der Waals surface area contributed by atoms with E-state index in [4.69, 9.17) is 4.74 Å². The summed E-state index contributed by atoms with van der Waals surface area (Å²) in [6.07, 6.45) is 4.84. The fourth-order valence-corrected chi connectivity index (χ4v) is 2.77. The Morgan fingerprint density at radius 2 is 2.04 bits per heavy atom. The van der Waals surface area contributed by atoms with Crippen LogP contribution >= 0.6 is 0 Å². The molecule has 4 rings (SSSR count). The van der Waals surface area contributed by atoms with Gasteiger partial charge in [0.25, 0.3) is 5.91 Å². The van der Waals surface area contributed by atoms with Gasteiger partial charge in [-0.25, -0.2) is 4.98 Å². The van der Waals surface area contributed by atoms with Gasteiger partial charge in [-0.3, -0.25) is 9.78 Å². The first-order chi connectivity index (χ1) is 12.3. The Hall–Kier alpha value is -3.41. The molecule has 0 spiro atoms. The molecular formula is C19H16N4O2. The van der Waals surface area contributed by atoms with Crippen molar-refractivity contribution in [1.82, 2.24) is 15.3 Å². The summed E-state index contributed by atoms with van der Waals surface area (Å²) in [7, 11) is 0. The smallest absolute Gasteiger partial charge is 0.251 e. The van der Waals surface area contributed by atoms with E-state index in [0.29, 0.717) is 18.0 Å². The lowest BCUT2D eigenvalue weighted by Gasteiger charge is -2.12. The summed E-state index contributed by atoms with van der Waals surface area (Å²) in [6, 6.07) is 14.9. The molecule has 0 radical (unpaired) electrons. The molecule has 1 amide bonds. The van der Waals surface area contributed by atoms with Gasteiger partial charge in [-0.05, 0) is 24.3 Å².